The van der Waals surface area contributed by atoms with Crippen LogP contribution in [0.4, 0.5) is 0 Å². The number of hydrogen-bond acceptors (Lipinski definition) is 21. The number of aromatic nitrogens is 2. The number of hydrogen-bond donors (Lipinski definition) is 0. The molecule has 0 aromatic carbocycles. The van der Waals surface area contributed by atoms with Crippen LogP contribution < -0.4 is 9.13 Å². The first kappa shape index (κ1) is 70.6. The van der Waals surface area contributed by atoms with Crippen LogP contribution in [0.1, 0.15) is 0 Å². The zero-order chi connectivity index (χ0) is 54.2. The molecule has 23 nitrogen and oxygen atoms in total. The summed E-state index contributed by atoms with van der Waals surface area (Å²) in [6, 6.07) is 12.0. The predicted octanol–water partition coefficient (Wildman–Crippen LogP) is 1.31. The molecule has 0 radical (unpaired) electrons. The maximum Gasteiger partial charge on any atom is 0.171 e. The van der Waals surface area contributed by atoms with Gasteiger partial charge in [0.1, 0.15) is 13.2 Å². The van der Waals surface area contributed by atoms with Gasteiger partial charge in [0.25, 0.3) is 0 Å². The molecule has 0 amide bonds. The quantitative estimate of drug-likeness (QED) is 0.0678. The number of nitrogens with zero attached hydrogens (tertiary/aromatic N) is 2. The third kappa shape index (κ3) is 56.5. The minimum atomic E-state index is 0.490. The van der Waals surface area contributed by atoms with Crippen LogP contribution in [0.15, 0.2) is 61.2 Å². The van der Waals surface area contributed by atoms with Gasteiger partial charge in [0, 0.05) is 24.3 Å². The Morgan fingerprint density at radius 1 is 0.130 bits per heavy atom. The first-order chi connectivity index (χ1) is 38.4. The maximum atomic E-state index is 5.58. The highest BCUT2D eigenvalue weighted by Gasteiger charge is 2.02. The first-order valence-electron chi connectivity index (χ1n) is 27.5. The third-order valence-electron chi connectivity index (χ3n) is 9.98. The lowest BCUT2D eigenvalue weighted by molar-refractivity contribution is -0.698. The molecule has 0 saturated heterocycles. The molecule has 448 valence electrons. The Bertz CT molecular complexity index is 1290. The molecule has 77 heavy (non-hydrogen) atoms. The van der Waals surface area contributed by atoms with E-state index in [0.717, 1.165) is 13.1 Å². The highest BCUT2D eigenvalue weighted by molar-refractivity contribution is 4.84. The predicted molar refractivity (Wildman–Crippen MR) is 280 cm³/mol. The Kier molecular flexibility index (Phi) is 57.4. The van der Waals surface area contributed by atoms with Crippen molar-refractivity contribution in [3.8, 4) is 0 Å². The van der Waals surface area contributed by atoms with Gasteiger partial charge in [0.2, 0.25) is 0 Å². The Balaban J connectivity index is 1.09. The SMILES string of the molecule is c1cc[n+](CCOCCOCCOCCOCCOCCOCCOCCOCCOCCOCCOCCOCCOCCOCCOCCOCCOCCOCCOCCOCCOCC[n+]2ccccc2)cc1. The molecule has 2 rings (SSSR count). The molecule has 2 aromatic rings. The van der Waals surface area contributed by atoms with Crippen molar-refractivity contribution in [1.29, 1.82) is 0 Å². The van der Waals surface area contributed by atoms with Gasteiger partial charge >= 0.3 is 0 Å². The molecule has 2 heterocycles. The lowest BCUT2D eigenvalue weighted by Crippen LogP contribution is -2.34. The van der Waals surface area contributed by atoms with E-state index in [1.807, 2.05) is 61.2 Å². The third-order valence-corrected chi connectivity index (χ3v) is 9.98. The van der Waals surface area contributed by atoms with Crippen molar-refractivity contribution >= 4 is 0 Å². The highest BCUT2D eigenvalue weighted by atomic mass is 16.6. The van der Waals surface area contributed by atoms with E-state index in [9.17, 15) is 0 Å². The average molecular weight is 1110 g/mol. The summed E-state index contributed by atoms with van der Waals surface area (Å²) in [7, 11) is 0. The standard InChI is InChI=1S/C54H98N2O21/c1-3-7-55(8-4-1)11-13-57-15-17-59-19-21-61-23-25-63-27-29-65-31-33-67-35-37-69-39-41-71-43-45-73-47-49-75-51-53-77-54-52-76-50-48-74-46-44-72-42-40-70-38-36-68-34-32-66-30-28-64-26-24-62-22-20-60-18-16-58-14-12-56-9-5-2-6-10-56/h1-10H,11-54H2/q+2. The molecule has 0 fully saturated rings. The second-order valence-corrected chi connectivity index (χ2v) is 16.1. The molecule has 0 N–H and O–H groups in total. The molecule has 0 atom stereocenters. The van der Waals surface area contributed by atoms with Crippen molar-refractivity contribution in [1.82, 2.24) is 0 Å². The molecule has 0 aliphatic heterocycles. The Hall–Kier alpha value is -2.54. The van der Waals surface area contributed by atoms with Crippen LogP contribution in [-0.4, -0.2) is 277 Å². The van der Waals surface area contributed by atoms with Crippen molar-refractivity contribution in [2.75, 3.05) is 277 Å². The fraction of sp³-hybridized carbons (Fsp3) is 0.815. The van der Waals surface area contributed by atoms with Crippen molar-refractivity contribution in [3.05, 3.63) is 61.2 Å². The molecular formula is C54H98N2O21+2. The van der Waals surface area contributed by atoms with E-state index in [1.54, 1.807) is 0 Å². The van der Waals surface area contributed by atoms with Gasteiger partial charge in [-0.15, -0.1) is 0 Å². The van der Waals surface area contributed by atoms with Crippen LogP contribution in [0.3, 0.4) is 0 Å². The van der Waals surface area contributed by atoms with Gasteiger partial charge in [-0.25, -0.2) is 9.13 Å². The summed E-state index contributed by atoms with van der Waals surface area (Å²) >= 11 is 0. The molecular weight excluding hydrogens is 1010 g/mol. The van der Waals surface area contributed by atoms with E-state index in [2.05, 4.69) is 9.13 Å². The first-order valence-corrected chi connectivity index (χ1v) is 27.5. The fourth-order valence-electron chi connectivity index (χ4n) is 6.01. The van der Waals surface area contributed by atoms with Gasteiger partial charge in [-0.3, -0.25) is 0 Å². The van der Waals surface area contributed by atoms with E-state index in [1.165, 1.54) is 0 Å². The summed E-state index contributed by atoms with van der Waals surface area (Å²) < 4.78 is 120. The summed E-state index contributed by atoms with van der Waals surface area (Å²) in [5, 5.41) is 0. The van der Waals surface area contributed by atoms with E-state index in [0.29, 0.717) is 277 Å². The number of rotatable bonds is 66. The lowest BCUT2D eigenvalue weighted by atomic mass is 10.5. The van der Waals surface area contributed by atoms with Crippen LogP contribution in [-0.2, 0) is 113 Å². The summed E-state index contributed by atoms with van der Waals surface area (Å²) in [5.41, 5.74) is 0. The maximum absolute atomic E-state index is 5.58. The molecule has 0 aliphatic carbocycles. The van der Waals surface area contributed by atoms with Gasteiger partial charge in [-0.2, -0.15) is 0 Å². The number of pyridine rings is 2. The average Bonchev–Trinajstić information content (AvgIpc) is 3.45. The minimum Gasteiger partial charge on any atom is -0.377 e. The molecule has 0 spiro atoms. The van der Waals surface area contributed by atoms with Crippen LogP contribution in [0.25, 0.3) is 0 Å². The smallest absolute Gasteiger partial charge is 0.171 e. The summed E-state index contributed by atoms with van der Waals surface area (Å²) in [4.78, 5) is 0. The van der Waals surface area contributed by atoms with Gasteiger partial charge in [0.05, 0.1) is 264 Å². The van der Waals surface area contributed by atoms with Crippen molar-refractivity contribution < 1.29 is 109 Å². The van der Waals surface area contributed by atoms with E-state index in [4.69, 9.17) is 99.5 Å². The van der Waals surface area contributed by atoms with Crippen molar-refractivity contribution in [3.63, 3.8) is 0 Å². The summed E-state index contributed by atoms with van der Waals surface area (Å²) in [6.45, 7) is 23.2. The Labute approximate surface area is 459 Å². The number of ether oxygens (including phenoxy) is 21. The van der Waals surface area contributed by atoms with Crippen LogP contribution in [0, 0.1) is 0 Å². The van der Waals surface area contributed by atoms with Crippen LogP contribution in [0.5, 0.6) is 0 Å². The van der Waals surface area contributed by atoms with Crippen LogP contribution in [0.2, 0.25) is 0 Å². The normalized spacial score (nSPS) is 11.6. The molecule has 0 unspecified atom stereocenters. The van der Waals surface area contributed by atoms with Gasteiger partial charge in [-0.1, -0.05) is 12.1 Å². The summed E-state index contributed by atoms with van der Waals surface area (Å²) in [5.74, 6) is 0. The molecule has 0 aliphatic rings. The monoisotopic (exact) mass is 1110 g/mol. The lowest BCUT2D eigenvalue weighted by Gasteiger charge is -2.09. The second-order valence-electron chi connectivity index (χ2n) is 16.1. The van der Waals surface area contributed by atoms with E-state index >= 15 is 0 Å². The second kappa shape index (κ2) is 62.7. The fourth-order valence-corrected chi connectivity index (χ4v) is 6.01. The van der Waals surface area contributed by atoms with Crippen LogP contribution >= 0.6 is 0 Å². The highest BCUT2D eigenvalue weighted by Crippen LogP contribution is 1.91. The molecule has 23 heteroatoms. The van der Waals surface area contributed by atoms with Crippen molar-refractivity contribution in [2.24, 2.45) is 0 Å². The van der Waals surface area contributed by atoms with Gasteiger partial charge in [0.15, 0.2) is 37.9 Å². The van der Waals surface area contributed by atoms with E-state index in [-0.39, 0.29) is 0 Å². The Morgan fingerprint density at radius 2 is 0.234 bits per heavy atom. The summed E-state index contributed by atoms with van der Waals surface area (Å²) in [6.07, 6.45) is 8.08. The minimum absolute atomic E-state index is 0.490. The molecule has 0 bridgehead atoms. The molecule has 0 saturated carbocycles. The topological polar surface area (TPSA) is 202 Å². The zero-order valence-corrected chi connectivity index (χ0v) is 46.4. The van der Waals surface area contributed by atoms with E-state index < -0.39 is 0 Å². The van der Waals surface area contributed by atoms with Gasteiger partial charge in [-0.05, 0) is 0 Å². The van der Waals surface area contributed by atoms with Crippen molar-refractivity contribution in [2.45, 2.75) is 13.1 Å². The molecule has 2 aromatic heterocycles. The zero-order valence-electron chi connectivity index (χ0n) is 46.4. The largest absolute Gasteiger partial charge is 0.377 e. The van der Waals surface area contributed by atoms with Gasteiger partial charge < -0.3 is 99.5 Å². The Morgan fingerprint density at radius 3 is 0.351 bits per heavy atom.